The van der Waals surface area contributed by atoms with Gasteiger partial charge in [0.05, 0.1) is 20.8 Å². The minimum atomic E-state index is -0.138. The number of fused-ring (bicyclic) bond motifs is 1. The van der Waals surface area contributed by atoms with Gasteiger partial charge in [0.15, 0.2) is 11.5 Å². The third-order valence-electron chi connectivity index (χ3n) is 3.54. The Labute approximate surface area is 119 Å². The zero-order chi connectivity index (χ0) is 14.5. The van der Waals surface area contributed by atoms with Crippen molar-refractivity contribution in [1.29, 1.82) is 0 Å². The van der Waals surface area contributed by atoms with Crippen LogP contribution in [0.5, 0.6) is 11.5 Å². The molecule has 110 valence electrons. The van der Waals surface area contributed by atoms with Crippen LogP contribution in [-0.2, 0) is 9.53 Å². The van der Waals surface area contributed by atoms with Crippen LogP contribution in [0, 0.1) is 0 Å². The Morgan fingerprint density at radius 3 is 2.65 bits per heavy atom. The lowest BCUT2D eigenvalue weighted by Crippen LogP contribution is -2.08. The van der Waals surface area contributed by atoms with E-state index < -0.39 is 0 Å². The number of carbonyl (C=O) groups excluding carboxylic acids is 1. The van der Waals surface area contributed by atoms with Crippen molar-refractivity contribution >= 4 is 11.7 Å². The lowest BCUT2D eigenvalue weighted by atomic mass is 9.96. The Morgan fingerprint density at radius 2 is 2.00 bits per heavy atom. The van der Waals surface area contributed by atoms with Gasteiger partial charge in [0.2, 0.25) is 0 Å². The molecule has 1 atom stereocenters. The normalized spacial score (nSPS) is 16.2. The predicted octanol–water partition coefficient (Wildman–Crippen LogP) is 2.56. The number of hydrogen-bond donors (Lipinski definition) is 1. The maximum atomic E-state index is 11.4. The zero-order valence-corrected chi connectivity index (χ0v) is 12.2. The Morgan fingerprint density at radius 1 is 1.30 bits per heavy atom. The number of esters is 1. The van der Waals surface area contributed by atoms with Crippen LogP contribution in [0.3, 0.4) is 0 Å². The molecule has 0 spiro atoms. The van der Waals surface area contributed by atoms with Crippen LogP contribution < -0.4 is 14.8 Å². The van der Waals surface area contributed by atoms with Gasteiger partial charge in [0.25, 0.3) is 0 Å². The summed E-state index contributed by atoms with van der Waals surface area (Å²) < 4.78 is 15.6. The van der Waals surface area contributed by atoms with Gasteiger partial charge in [-0.3, -0.25) is 4.79 Å². The first-order valence-corrected chi connectivity index (χ1v) is 6.85. The van der Waals surface area contributed by atoms with E-state index in [9.17, 15) is 4.79 Å². The smallest absolute Gasteiger partial charge is 0.305 e. The number of methoxy groups -OCH3 is 2. The molecular formula is C15H21NO4. The van der Waals surface area contributed by atoms with Crippen LogP contribution in [0.1, 0.15) is 31.2 Å². The van der Waals surface area contributed by atoms with Crippen molar-refractivity contribution < 1.29 is 19.0 Å². The Bertz CT molecular complexity index is 487. The largest absolute Gasteiger partial charge is 0.493 e. The SMILES string of the molecule is CCOC(=O)CC[C@H]1CNc2cc(OC)c(OC)cc21. The molecule has 1 aliphatic rings. The van der Waals surface area contributed by atoms with Gasteiger partial charge in [-0.1, -0.05) is 0 Å². The predicted molar refractivity (Wildman–Crippen MR) is 76.6 cm³/mol. The summed E-state index contributed by atoms with van der Waals surface area (Å²) in [6, 6.07) is 3.93. The lowest BCUT2D eigenvalue weighted by molar-refractivity contribution is -0.143. The zero-order valence-electron chi connectivity index (χ0n) is 12.2. The Hall–Kier alpha value is -1.91. The minimum absolute atomic E-state index is 0.138. The van der Waals surface area contributed by atoms with Crippen molar-refractivity contribution in [3.8, 4) is 11.5 Å². The molecule has 0 aromatic heterocycles. The first-order valence-electron chi connectivity index (χ1n) is 6.85. The van der Waals surface area contributed by atoms with Crippen molar-refractivity contribution in [2.75, 3.05) is 32.7 Å². The fourth-order valence-electron chi connectivity index (χ4n) is 2.51. The first-order chi connectivity index (χ1) is 9.69. The number of rotatable bonds is 6. The topological polar surface area (TPSA) is 56.8 Å². The fourth-order valence-corrected chi connectivity index (χ4v) is 2.51. The highest BCUT2D eigenvalue weighted by Gasteiger charge is 2.25. The van der Waals surface area contributed by atoms with Gasteiger partial charge >= 0.3 is 5.97 Å². The molecule has 0 fully saturated rings. The molecule has 1 aromatic carbocycles. The number of benzene rings is 1. The van der Waals surface area contributed by atoms with Crippen molar-refractivity contribution in [3.63, 3.8) is 0 Å². The maximum Gasteiger partial charge on any atom is 0.305 e. The molecule has 1 aliphatic heterocycles. The van der Waals surface area contributed by atoms with Gasteiger partial charge in [0.1, 0.15) is 0 Å². The van der Waals surface area contributed by atoms with E-state index in [1.807, 2.05) is 19.1 Å². The Balaban J connectivity index is 2.09. The average Bonchev–Trinajstić information content (AvgIpc) is 2.86. The van der Waals surface area contributed by atoms with Gasteiger partial charge in [-0.05, 0) is 25.0 Å². The monoisotopic (exact) mass is 279 g/mol. The summed E-state index contributed by atoms with van der Waals surface area (Å²) in [6.07, 6.45) is 1.21. The number of ether oxygens (including phenoxy) is 3. The molecule has 0 amide bonds. The average molecular weight is 279 g/mol. The summed E-state index contributed by atoms with van der Waals surface area (Å²) in [5, 5.41) is 3.34. The van der Waals surface area contributed by atoms with Crippen molar-refractivity contribution in [1.82, 2.24) is 0 Å². The summed E-state index contributed by atoms with van der Waals surface area (Å²) in [6.45, 7) is 3.08. The van der Waals surface area contributed by atoms with Gasteiger partial charge in [0, 0.05) is 30.6 Å². The van der Waals surface area contributed by atoms with Crippen molar-refractivity contribution in [2.45, 2.75) is 25.7 Å². The second kappa shape index (κ2) is 6.50. The Kier molecular flexibility index (Phi) is 4.71. The summed E-state index contributed by atoms with van der Waals surface area (Å²) in [7, 11) is 3.25. The van der Waals surface area contributed by atoms with Crippen LogP contribution >= 0.6 is 0 Å². The number of carbonyl (C=O) groups is 1. The molecule has 5 nitrogen and oxygen atoms in total. The molecule has 0 unspecified atom stereocenters. The lowest BCUT2D eigenvalue weighted by Gasteiger charge is -2.13. The second-order valence-electron chi connectivity index (χ2n) is 4.72. The molecule has 1 heterocycles. The van der Waals surface area contributed by atoms with E-state index in [0.717, 1.165) is 24.4 Å². The molecular weight excluding hydrogens is 258 g/mol. The fraction of sp³-hybridized carbons (Fsp3) is 0.533. The third kappa shape index (κ3) is 2.98. The summed E-state index contributed by atoms with van der Waals surface area (Å²) in [4.78, 5) is 11.4. The number of anilines is 1. The summed E-state index contributed by atoms with van der Waals surface area (Å²) >= 11 is 0. The van der Waals surface area contributed by atoms with E-state index in [0.29, 0.717) is 24.7 Å². The molecule has 2 rings (SSSR count). The quantitative estimate of drug-likeness (QED) is 0.811. The van der Waals surface area contributed by atoms with Crippen molar-refractivity contribution in [3.05, 3.63) is 17.7 Å². The molecule has 5 heteroatoms. The first kappa shape index (κ1) is 14.5. The van der Waals surface area contributed by atoms with E-state index in [4.69, 9.17) is 14.2 Å². The number of hydrogen-bond acceptors (Lipinski definition) is 5. The summed E-state index contributed by atoms with van der Waals surface area (Å²) in [5.41, 5.74) is 2.23. The van der Waals surface area contributed by atoms with Gasteiger partial charge < -0.3 is 19.5 Å². The van der Waals surface area contributed by atoms with Gasteiger partial charge in [-0.15, -0.1) is 0 Å². The van der Waals surface area contributed by atoms with E-state index in [1.54, 1.807) is 14.2 Å². The van der Waals surface area contributed by atoms with Crippen molar-refractivity contribution in [2.24, 2.45) is 0 Å². The number of nitrogens with one attached hydrogen (secondary N) is 1. The van der Waals surface area contributed by atoms with E-state index in [2.05, 4.69) is 5.32 Å². The maximum absolute atomic E-state index is 11.4. The third-order valence-corrected chi connectivity index (χ3v) is 3.54. The minimum Gasteiger partial charge on any atom is -0.493 e. The van der Waals surface area contributed by atoms with Gasteiger partial charge in [-0.2, -0.15) is 0 Å². The van der Waals surface area contributed by atoms with E-state index in [1.165, 1.54) is 5.56 Å². The van der Waals surface area contributed by atoms with Crippen LogP contribution in [0.25, 0.3) is 0 Å². The molecule has 1 aromatic rings. The highest BCUT2D eigenvalue weighted by atomic mass is 16.5. The van der Waals surface area contributed by atoms with Crippen LogP contribution in [-0.4, -0.2) is 33.3 Å². The van der Waals surface area contributed by atoms with E-state index in [-0.39, 0.29) is 5.97 Å². The molecule has 0 saturated heterocycles. The molecule has 0 bridgehead atoms. The molecule has 0 saturated carbocycles. The molecule has 1 N–H and O–H groups in total. The van der Waals surface area contributed by atoms with Crippen LogP contribution in [0.15, 0.2) is 12.1 Å². The van der Waals surface area contributed by atoms with Gasteiger partial charge in [-0.25, -0.2) is 0 Å². The van der Waals surface area contributed by atoms with Crippen LogP contribution in [0.2, 0.25) is 0 Å². The molecule has 20 heavy (non-hydrogen) atoms. The molecule has 0 radical (unpaired) electrons. The summed E-state index contributed by atoms with van der Waals surface area (Å²) in [5.74, 6) is 1.59. The molecule has 0 aliphatic carbocycles. The standard InChI is InChI=1S/C15H21NO4/c1-4-20-15(17)6-5-10-9-16-12-8-14(19-3)13(18-2)7-11(10)12/h7-8,10,16H,4-6,9H2,1-3H3/t10-/m0/s1. The highest BCUT2D eigenvalue weighted by molar-refractivity contribution is 5.70. The highest BCUT2D eigenvalue weighted by Crippen LogP contribution is 2.41. The van der Waals surface area contributed by atoms with Crippen LogP contribution in [0.4, 0.5) is 5.69 Å². The second-order valence-corrected chi connectivity index (χ2v) is 4.72. The van der Waals surface area contributed by atoms with E-state index >= 15 is 0 Å².